The van der Waals surface area contributed by atoms with Crippen LogP contribution in [0.5, 0.6) is 11.5 Å². The number of rotatable bonds is 9. The van der Waals surface area contributed by atoms with Crippen molar-refractivity contribution in [3.8, 4) is 11.5 Å². The van der Waals surface area contributed by atoms with Gasteiger partial charge in [-0.25, -0.2) is 0 Å². The number of ether oxygens (including phenoxy) is 2. The lowest BCUT2D eigenvalue weighted by Crippen LogP contribution is -2.41. The van der Waals surface area contributed by atoms with Crippen LogP contribution >= 0.6 is 0 Å². The first-order chi connectivity index (χ1) is 13.8. The second-order valence-corrected chi connectivity index (χ2v) is 6.13. The van der Waals surface area contributed by atoms with E-state index >= 15 is 0 Å². The summed E-state index contributed by atoms with van der Waals surface area (Å²) in [7, 11) is 0. The molecule has 5 heteroatoms. The molecule has 0 bridgehead atoms. The Morgan fingerprint density at radius 3 is 1.82 bits per heavy atom. The topological polar surface area (TPSA) is 50.8 Å². The standard InChI is InChI=1S/C23H24N2O3/c1-2-17-27-21-15-9-10-16-22(21)28-18-23(26)24-25(19-11-5-3-6-12-19)20-13-7-4-8-14-20/h3-16H,2,17-18H2,1H3,(H,24,26). The maximum atomic E-state index is 12.6. The minimum atomic E-state index is -0.266. The van der Waals surface area contributed by atoms with Gasteiger partial charge in [0.15, 0.2) is 18.1 Å². The van der Waals surface area contributed by atoms with E-state index in [2.05, 4.69) is 5.43 Å². The van der Waals surface area contributed by atoms with E-state index in [0.717, 1.165) is 17.8 Å². The van der Waals surface area contributed by atoms with Gasteiger partial charge in [0.05, 0.1) is 18.0 Å². The fourth-order valence-electron chi connectivity index (χ4n) is 2.63. The number of para-hydroxylation sites is 4. The van der Waals surface area contributed by atoms with Crippen LogP contribution in [0.25, 0.3) is 0 Å². The van der Waals surface area contributed by atoms with E-state index in [0.29, 0.717) is 18.1 Å². The molecule has 144 valence electrons. The van der Waals surface area contributed by atoms with E-state index in [4.69, 9.17) is 9.47 Å². The number of hydrogen-bond acceptors (Lipinski definition) is 4. The van der Waals surface area contributed by atoms with Crippen LogP contribution in [0.15, 0.2) is 84.9 Å². The Hall–Kier alpha value is -3.47. The number of hydrogen-bond donors (Lipinski definition) is 1. The average molecular weight is 376 g/mol. The molecular weight excluding hydrogens is 352 g/mol. The molecule has 0 heterocycles. The fourth-order valence-corrected chi connectivity index (χ4v) is 2.63. The Morgan fingerprint density at radius 2 is 1.29 bits per heavy atom. The van der Waals surface area contributed by atoms with Crippen molar-refractivity contribution in [2.75, 3.05) is 18.2 Å². The molecule has 3 aromatic rings. The number of nitrogens with one attached hydrogen (secondary N) is 1. The lowest BCUT2D eigenvalue weighted by molar-refractivity contribution is -0.123. The summed E-state index contributed by atoms with van der Waals surface area (Å²) < 4.78 is 11.4. The van der Waals surface area contributed by atoms with Crippen molar-refractivity contribution in [1.82, 2.24) is 5.43 Å². The predicted octanol–water partition coefficient (Wildman–Crippen LogP) is 4.72. The van der Waals surface area contributed by atoms with Gasteiger partial charge < -0.3 is 9.47 Å². The summed E-state index contributed by atoms with van der Waals surface area (Å²) in [5.74, 6) is 0.926. The molecule has 1 amide bonds. The van der Waals surface area contributed by atoms with Gasteiger partial charge in [-0.05, 0) is 42.8 Å². The minimum absolute atomic E-state index is 0.122. The Morgan fingerprint density at radius 1 is 0.786 bits per heavy atom. The molecule has 0 saturated heterocycles. The zero-order chi connectivity index (χ0) is 19.6. The molecule has 0 radical (unpaired) electrons. The lowest BCUT2D eigenvalue weighted by atomic mass is 10.2. The molecule has 0 saturated carbocycles. The molecule has 0 aliphatic carbocycles. The van der Waals surface area contributed by atoms with Gasteiger partial charge in [-0.3, -0.25) is 15.2 Å². The molecule has 0 aromatic heterocycles. The van der Waals surface area contributed by atoms with Gasteiger partial charge in [0, 0.05) is 0 Å². The number of nitrogens with zero attached hydrogens (tertiary/aromatic N) is 1. The summed E-state index contributed by atoms with van der Waals surface area (Å²) >= 11 is 0. The summed E-state index contributed by atoms with van der Waals surface area (Å²) in [6.07, 6.45) is 0.901. The Labute approximate surface area is 165 Å². The summed E-state index contributed by atoms with van der Waals surface area (Å²) in [4.78, 5) is 12.6. The quantitative estimate of drug-likeness (QED) is 0.549. The molecular formula is C23H24N2O3. The van der Waals surface area contributed by atoms with Crippen molar-refractivity contribution in [3.05, 3.63) is 84.9 Å². The maximum Gasteiger partial charge on any atom is 0.276 e. The largest absolute Gasteiger partial charge is 0.490 e. The van der Waals surface area contributed by atoms with E-state index in [1.54, 1.807) is 11.1 Å². The summed E-state index contributed by atoms with van der Waals surface area (Å²) in [5, 5.41) is 1.74. The minimum Gasteiger partial charge on any atom is -0.490 e. The van der Waals surface area contributed by atoms with Crippen molar-refractivity contribution < 1.29 is 14.3 Å². The Bertz CT molecular complexity index is 830. The van der Waals surface area contributed by atoms with Crippen molar-refractivity contribution in [2.45, 2.75) is 13.3 Å². The number of carbonyl (C=O) groups excluding carboxylic acids is 1. The molecule has 28 heavy (non-hydrogen) atoms. The number of carbonyl (C=O) groups is 1. The highest BCUT2D eigenvalue weighted by Crippen LogP contribution is 2.27. The molecule has 3 rings (SSSR count). The third-order valence-electron chi connectivity index (χ3n) is 3.93. The molecule has 0 fully saturated rings. The van der Waals surface area contributed by atoms with E-state index in [1.165, 1.54) is 0 Å². The third kappa shape index (κ3) is 5.27. The molecule has 3 aromatic carbocycles. The van der Waals surface area contributed by atoms with Crippen molar-refractivity contribution in [3.63, 3.8) is 0 Å². The van der Waals surface area contributed by atoms with E-state index in [9.17, 15) is 4.79 Å². The van der Waals surface area contributed by atoms with Crippen LogP contribution in [0.2, 0.25) is 0 Å². The van der Waals surface area contributed by atoms with Gasteiger partial charge in [-0.15, -0.1) is 0 Å². The second-order valence-electron chi connectivity index (χ2n) is 6.13. The predicted molar refractivity (Wildman–Crippen MR) is 111 cm³/mol. The van der Waals surface area contributed by atoms with Crippen LogP contribution < -0.4 is 19.9 Å². The van der Waals surface area contributed by atoms with Crippen LogP contribution in [0, 0.1) is 0 Å². The number of benzene rings is 3. The summed E-state index contributed by atoms with van der Waals surface area (Å²) in [6.45, 7) is 2.52. The highest BCUT2D eigenvalue weighted by atomic mass is 16.5. The van der Waals surface area contributed by atoms with Gasteiger partial charge in [-0.2, -0.15) is 0 Å². The van der Waals surface area contributed by atoms with E-state index in [-0.39, 0.29) is 12.5 Å². The highest BCUT2D eigenvalue weighted by Gasteiger charge is 2.14. The zero-order valence-corrected chi connectivity index (χ0v) is 15.9. The van der Waals surface area contributed by atoms with Crippen LogP contribution in [0.1, 0.15) is 13.3 Å². The first-order valence-electron chi connectivity index (χ1n) is 9.32. The normalized spacial score (nSPS) is 10.2. The molecule has 1 N–H and O–H groups in total. The molecule has 0 unspecified atom stereocenters. The molecule has 0 aliphatic heterocycles. The molecule has 5 nitrogen and oxygen atoms in total. The second kappa shape index (κ2) is 10.0. The maximum absolute atomic E-state index is 12.6. The lowest BCUT2D eigenvalue weighted by Gasteiger charge is -2.25. The van der Waals surface area contributed by atoms with Gasteiger partial charge in [0.2, 0.25) is 0 Å². The average Bonchev–Trinajstić information content (AvgIpc) is 2.76. The molecule has 0 aliphatic rings. The van der Waals surface area contributed by atoms with Crippen LogP contribution in [-0.2, 0) is 4.79 Å². The Balaban J connectivity index is 1.68. The van der Waals surface area contributed by atoms with Crippen LogP contribution in [0.4, 0.5) is 11.4 Å². The Kier molecular flexibility index (Phi) is 6.90. The van der Waals surface area contributed by atoms with Crippen LogP contribution in [-0.4, -0.2) is 19.1 Å². The summed E-state index contributed by atoms with van der Waals surface area (Å²) in [6, 6.07) is 26.7. The van der Waals surface area contributed by atoms with E-state index in [1.807, 2.05) is 85.8 Å². The fraction of sp³-hybridized carbons (Fsp3) is 0.174. The smallest absolute Gasteiger partial charge is 0.276 e. The SMILES string of the molecule is CCCOc1ccccc1OCC(=O)NN(c1ccccc1)c1ccccc1. The van der Waals surface area contributed by atoms with Gasteiger partial charge in [-0.1, -0.05) is 55.5 Å². The zero-order valence-electron chi connectivity index (χ0n) is 15.9. The van der Waals surface area contributed by atoms with Crippen LogP contribution in [0.3, 0.4) is 0 Å². The number of anilines is 2. The summed E-state index contributed by atoms with van der Waals surface area (Å²) in [5.41, 5.74) is 4.62. The van der Waals surface area contributed by atoms with Gasteiger partial charge >= 0.3 is 0 Å². The van der Waals surface area contributed by atoms with Gasteiger partial charge in [0.1, 0.15) is 0 Å². The molecule has 0 spiro atoms. The van der Waals surface area contributed by atoms with Crippen molar-refractivity contribution >= 4 is 17.3 Å². The monoisotopic (exact) mass is 376 g/mol. The third-order valence-corrected chi connectivity index (χ3v) is 3.93. The van der Waals surface area contributed by atoms with Crippen molar-refractivity contribution in [1.29, 1.82) is 0 Å². The van der Waals surface area contributed by atoms with Gasteiger partial charge in [0.25, 0.3) is 5.91 Å². The first kappa shape index (κ1) is 19.3. The number of hydrazine groups is 1. The van der Waals surface area contributed by atoms with E-state index < -0.39 is 0 Å². The van der Waals surface area contributed by atoms with Crippen molar-refractivity contribution in [2.24, 2.45) is 0 Å². The first-order valence-corrected chi connectivity index (χ1v) is 9.32. The highest BCUT2D eigenvalue weighted by molar-refractivity contribution is 5.82. The number of amides is 1. The molecule has 0 atom stereocenters.